The summed E-state index contributed by atoms with van der Waals surface area (Å²) in [6, 6.07) is 14.8. The number of hydrogen-bond donors (Lipinski definition) is 1. The fourth-order valence-electron chi connectivity index (χ4n) is 2.19. The molecule has 0 fully saturated rings. The van der Waals surface area contributed by atoms with Gasteiger partial charge in [0.15, 0.2) is 0 Å². The van der Waals surface area contributed by atoms with E-state index in [2.05, 4.69) is 15.5 Å². The van der Waals surface area contributed by atoms with Crippen molar-refractivity contribution in [3.05, 3.63) is 65.5 Å². The van der Waals surface area contributed by atoms with Gasteiger partial charge in [0, 0.05) is 23.2 Å². The molecule has 0 aliphatic carbocycles. The van der Waals surface area contributed by atoms with Crippen molar-refractivity contribution in [3.63, 3.8) is 0 Å². The number of para-hydroxylation sites is 1. The molecule has 1 heterocycles. The molecular formula is C18H17N3O2. The summed E-state index contributed by atoms with van der Waals surface area (Å²) in [4.78, 5) is 16.6. The molecule has 3 aromatic rings. The maximum atomic E-state index is 12.3. The number of hydrogen-bond acceptors (Lipinski definition) is 4. The molecular weight excluding hydrogens is 290 g/mol. The van der Waals surface area contributed by atoms with Crippen molar-refractivity contribution >= 4 is 11.6 Å². The highest BCUT2D eigenvalue weighted by Gasteiger charge is 2.10. The predicted octanol–water partition coefficient (Wildman–Crippen LogP) is 3.86. The Kier molecular flexibility index (Phi) is 4.19. The van der Waals surface area contributed by atoms with E-state index >= 15 is 0 Å². The van der Waals surface area contributed by atoms with Crippen molar-refractivity contribution in [1.82, 2.24) is 10.1 Å². The Balaban J connectivity index is 1.76. The molecule has 5 heteroatoms. The first kappa shape index (κ1) is 15.0. The molecule has 2 aromatic carbocycles. The largest absolute Gasteiger partial charge is 0.339 e. The van der Waals surface area contributed by atoms with E-state index in [0.29, 0.717) is 23.7 Å². The van der Waals surface area contributed by atoms with Crippen molar-refractivity contribution < 1.29 is 9.32 Å². The van der Waals surface area contributed by atoms with Crippen LogP contribution in [0.1, 0.15) is 28.7 Å². The van der Waals surface area contributed by atoms with Gasteiger partial charge in [-0.2, -0.15) is 4.98 Å². The van der Waals surface area contributed by atoms with Crippen LogP contribution < -0.4 is 5.32 Å². The van der Waals surface area contributed by atoms with Gasteiger partial charge in [-0.15, -0.1) is 0 Å². The van der Waals surface area contributed by atoms with E-state index in [0.717, 1.165) is 16.8 Å². The Bertz CT molecular complexity index is 822. The van der Waals surface area contributed by atoms with Gasteiger partial charge >= 0.3 is 0 Å². The zero-order chi connectivity index (χ0) is 16.2. The first-order valence-corrected chi connectivity index (χ1v) is 7.47. The molecule has 0 radical (unpaired) electrons. The number of rotatable bonds is 4. The van der Waals surface area contributed by atoms with E-state index in [4.69, 9.17) is 4.52 Å². The van der Waals surface area contributed by atoms with Crippen LogP contribution in [0.25, 0.3) is 11.4 Å². The van der Waals surface area contributed by atoms with Crippen LogP contribution in [0.4, 0.5) is 5.69 Å². The molecule has 1 aromatic heterocycles. The van der Waals surface area contributed by atoms with Gasteiger partial charge in [0.05, 0.1) is 0 Å². The standard InChI is InChI=1S/C18H17N3O2/c1-3-16-20-17(21-23-16)13-8-10-14(11-9-13)18(22)19-15-7-5-4-6-12(15)2/h4-11H,3H2,1-2H3,(H,19,22). The minimum atomic E-state index is -0.145. The lowest BCUT2D eigenvalue weighted by atomic mass is 10.1. The lowest BCUT2D eigenvalue weighted by Crippen LogP contribution is -2.12. The average Bonchev–Trinajstić information content (AvgIpc) is 3.06. The number of nitrogens with one attached hydrogen (secondary N) is 1. The van der Waals surface area contributed by atoms with E-state index < -0.39 is 0 Å². The molecule has 0 spiro atoms. The van der Waals surface area contributed by atoms with E-state index in [-0.39, 0.29) is 5.91 Å². The van der Waals surface area contributed by atoms with Gasteiger partial charge in [-0.1, -0.05) is 42.4 Å². The maximum Gasteiger partial charge on any atom is 0.255 e. The minimum absolute atomic E-state index is 0.145. The molecule has 0 saturated carbocycles. The van der Waals surface area contributed by atoms with Crippen LogP contribution in [0, 0.1) is 6.92 Å². The Hall–Kier alpha value is -2.95. The number of amides is 1. The highest BCUT2D eigenvalue weighted by atomic mass is 16.5. The van der Waals surface area contributed by atoms with E-state index in [1.54, 1.807) is 12.1 Å². The van der Waals surface area contributed by atoms with Crippen LogP contribution in [-0.2, 0) is 6.42 Å². The van der Waals surface area contributed by atoms with Gasteiger partial charge in [0.25, 0.3) is 5.91 Å². The number of aromatic nitrogens is 2. The fraction of sp³-hybridized carbons (Fsp3) is 0.167. The Morgan fingerprint density at radius 1 is 1.13 bits per heavy atom. The third-order valence-corrected chi connectivity index (χ3v) is 3.57. The normalized spacial score (nSPS) is 10.5. The maximum absolute atomic E-state index is 12.3. The molecule has 1 amide bonds. The average molecular weight is 307 g/mol. The second kappa shape index (κ2) is 6.44. The monoisotopic (exact) mass is 307 g/mol. The summed E-state index contributed by atoms with van der Waals surface area (Å²) in [5.74, 6) is 0.988. The number of carbonyl (C=O) groups excluding carboxylic acids is 1. The number of anilines is 1. The van der Waals surface area contributed by atoms with Crippen LogP contribution in [0.15, 0.2) is 53.1 Å². The van der Waals surface area contributed by atoms with Gasteiger partial charge in [-0.25, -0.2) is 0 Å². The van der Waals surface area contributed by atoms with Gasteiger partial charge in [0.2, 0.25) is 11.7 Å². The van der Waals surface area contributed by atoms with Gasteiger partial charge in [0.1, 0.15) is 0 Å². The van der Waals surface area contributed by atoms with E-state index in [1.807, 2.05) is 50.2 Å². The molecule has 0 bridgehead atoms. The first-order valence-electron chi connectivity index (χ1n) is 7.47. The van der Waals surface area contributed by atoms with Crippen molar-refractivity contribution in [2.24, 2.45) is 0 Å². The van der Waals surface area contributed by atoms with Gasteiger partial charge in [-0.3, -0.25) is 4.79 Å². The van der Waals surface area contributed by atoms with Crippen LogP contribution in [0.2, 0.25) is 0 Å². The molecule has 0 atom stereocenters. The Morgan fingerprint density at radius 2 is 1.87 bits per heavy atom. The highest BCUT2D eigenvalue weighted by molar-refractivity contribution is 6.04. The number of aryl methyl sites for hydroxylation is 2. The molecule has 0 aliphatic rings. The number of benzene rings is 2. The summed E-state index contributed by atoms with van der Waals surface area (Å²) >= 11 is 0. The summed E-state index contributed by atoms with van der Waals surface area (Å²) in [7, 11) is 0. The zero-order valence-electron chi connectivity index (χ0n) is 13.0. The second-order valence-electron chi connectivity index (χ2n) is 5.21. The molecule has 116 valence electrons. The molecule has 23 heavy (non-hydrogen) atoms. The topological polar surface area (TPSA) is 68.0 Å². The highest BCUT2D eigenvalue weighted by Crippen LogP contribution is 2.18. The fourth-order valence-corrected chi connectivity index (χ4v) is 2.19. The molecule has 0 aliphatic heterocycles. The smallest absolute Gasteiger partial charge is 0.255 e. The third kappa shape index (κ3) is 3.29. The summed E-state index contributed by atoms with van der Waals surface area (Å²) in [6.45, 7) is 3.91. The summed E-state index contributed by atoms with van der Waals surface area (Å²) in [5.41, 5.74) is 3.24. The van der Waals surface area contributed by atoms with E-state index in [1.165, 1.54) is 0 Å². The number of carbonyl (C=O) groups is 1. The molecule has 5 nitrogen and oxygen atoms in total. The van der Waals surface area contributed by atoms with Crippen molar-refractivity contribution in [3.8, 4) is 11.4 Å². The second-order valence-corrected chi connectivity index (χ2v) is 5.21. The summed E-state index contributed by atoms with van der Waals surface area (Å²) in [5, 5.41) is 6.83. The minimum Gasteiger partial charge on any atom is -0.339 e. The third-order valence-electron chi connectivity index (χ3n) is 3.57. The van der Waals surface area contributed by atoms with Crippen LogP contribution in [0.3, 0.4) is 0 Å². The summed E-state index contributed by atoms with van der Waals surface area (Å²) < 4.78 is 5.10. The lowest BCUT2D eigenvalue weighted by molar-refractivity contribution is 0.102. The predicted molar refractivity (Wildman–Crippen MR) is 88.2 cm³/mol. The van der Waals surface area contributed by atoms with Crippen LogP contribution >= 0.6 is 0 Å². The number of nitrogens with zero attached hydrogens (tertiary/aromatic N) is 2. The molecule has 0 unspecified atom stereocenters. The van der Waals surface area contributed by atoms with Crippen molar-refractivity contribution in [2.75, 3.05) is 5.32 Å². The summed E-state index contributed by atoms with van der Waals surface area (Å²) in [6.07, 6.45) is 0.698. The Labute approximate surface area is 134 Å². The SMILES string of the molecule is CCc1nc(-c2ccc(C(=O)Nc3ccccc3C)cc2)no1. The quantitative estimate of drug-likeness (QED) is 0.794. The van der Waals surface area contributed by atoms with Crippen molar-refractivity contribution in [1.29, 1.82) is 0 Å². The first-order chi connectivity index (χ1) is 11.2. The van der Waals surface area contributed by atoms with Gasteiger partial charge < -0.3 is 9.84 Å². The van der Waals surface area contributed by atoms with E-state index in [9.17, 15) is 4.79 Å². The van der Waals surface area contributed by atoms with Crippen LogP contribution in [0.5, 0.6) is 0 Å². The molecule has 1 N–H and O–H groups in total. The molecule has 0 saturated heterocycles. The lowest BCUT2D eigenvalue weighted by Gasteiger charge is -2.08. The van der Waals surface area contributed by atoms with Crippen molar-refractivity contribution in [2.45, 2.75) is 20.3 Å². The Morgan fingerprint density at radius 3 is 2.52 bits per heavy atom. The van der Waals surface area contributed by atoms with Crippen LogP contribution in [-0.4, -0.2) is 16.0 Å². The molecule has 3 rings (SSSR count). The van der Waals surface area contributed by atoms with Gasteiger partial charge in [-0.05, 0) is 30.7 Å². The zero-order valence-corrected chi connectivity index (χ0v) is 13.0.